The Hall–Kier alpha value is -1.40. The molecule has 0 aliphatic carbocycles. The second kappa shape index (κ2) is 114. The summed E-state index contributed by atoms with van der Waals surface area (Å²) in [6, 6.07) is 0. The van der Waals surface area contributed by atoms with Crippen LogP contribution in [-0.4, -0.2) is 125 Å². The van der Waals surface area contributed by atoms with Crippen LogP contribution in [-0.2, 0) is 24.0 Å². The number of rotatable bonds is 107. The predicted octanol–water partition coefficient (Wildman–Crippen LogP) is 38.6. The van der Waals surface area contributed by atoms with Crippen LogP contribution in [0, 0.1) is 17.8 Å². The molecule has 0 aromatic heterocycles. The first-order valence-electron chi connectivity index (χ1n) is 62.3. The topological polar surface area (TPSA) is 215 Å². The lowest BCUT2D eigenvalue weighted by atomic mass is 9.92. The van der Waals surface area contributed by atoms with Crippen LogP contribution in [0.15, 0.2) is 0 Å². The number of carbonyl (C=O) groups is 5. The zero-order valence-electron chi connectivity index (χ0n) is 96.4. The van der Waals surface area contributed by atoms with Gasteiger partial charge in [0.1, 0.15) is 5.60 Å². The van der Waals surface area contributed by atoms with Gasteiger partial charge in [0.05, 0.1) is 79.9 Å². The summed E-state index contributed by atoms with van der Waals surface area (Å²) in [7, 11) is -2.17. The number of carboxylic acids is 5. The largest absolute Gasteiger partial charge is 0.550 e. The molecule has 0 bridgehead atoms. The van der Waals surface area contributed by atoms with Crippen LogP contribution in [0.1, 0.15) is 669 Å². The molecule has 0 heterocycles. The predicted molar refractivity (Wildman–Crippen MR) is 616 cm³/mol. The van der Waals surface area contributed by atoms with Gasteiger partial charge in [-0.2, -0.15) is 0 Å². The number of aliphatic carboxylic acids is 5. The van der Waals surface area contributed by atoms with Crippen molar-refractivity contribution in [1.82, 2.24) is 0 Å². The molecule has 138 heavy (non-hydrogen) atoms. The minimum absolute atomic E-state index is 0.245. The van der Waals surface area contributed by atoms with Crippen molar-refractivity contribution in [2.45, 2.75) is 674 Å². The quantitative estimate of drug-likeness (QED) is 0.0385. The summed E-state index contributed by atoms with van der Waals surface area (Å²) in [5.74, 6) is -4.38. The summed E-state index contributed by atoms with van der Waals surface area (Å²) >= 11 is 0. The summed E-state index contributed by atoms with van der Waals surface area (Å²) < 4.78 is 0. The van der Waals surface area contributed by atoms with Crippen molar-refractivity contribution in [2.75, 3.05) is 73.9 Å². The van der Waals surface area contributed by atoms with Gasteiger partial charge in [0.2, 0.25) is 0 Å². The molecular weight excluding hydrogens is 1760 g/mol. The second-order valence-corrected chi connectivity index (χ2v) is 57.7. The van der Waals surface area contributed by atoms with Gasteiger partial charge in [-0.25, -0.2) is 0 Å². The van der Waals surface area contributed by atoms with Gasteiger partial charge in [-0.15, -0.1) is 0 Å². The lowest BCUT2D eigenvalue weighted by Crippen LogP contribution is -2.54. The fraction of sp³-hybridized carbons (Fsp3) is 0.960. The maximum absolute atomic E-state index is 10.1. The molecule has 828 valence electrons. The number of unbranched alkanes of at least 4 members (excludes halogenated alkanes) is 56. The van der Waals surface area contributed by atoms with Crippen LogP contribution >= 0.6 is 21.8 Å². The maximum Gasteiger partial charge on any atom is 0.303 e. The molecule has 0 spiro atoms. The zero-order valence-corrected chi connectivity index (χ0v) is 99.1. The molecule has 0 aromatic rings. The van der Waals surface area contributed by atoms with Crippen LogP contribution in [0.4, 0.5) is 0 Å². The van der Waals surface area contributed by atoms with E-state index < -0.39 is 70.1 Å². The Morgan fingerprint density at radius 1 is 0.188 bits per heavy atom. The molecule has 0 saturated heterocycles. The maximum atomic E-state index is 10.1. The molecule has 14 heteroatoms. The molecule has 0 saturated carbocycles. The fourth-order valence-electron chi connectivity index (χ4n) is 21.2. The number of hydrogen-bond acceptors (Lipinski definition) is 9. The van der Waals surface area contributed by atoms with Crippen LogP contribution in [0.5, 0.6) is 0 Å². The van der Waals surface area contributed by atoms with Gasteiger partial charge in [0.15, 0.2) is 0 Å². The van der Waals surface area contributed by atoms with Crippen molar-refractivity contribution in [1.29, 1.82) is 0 Å². The van der Waals surface area contributed by atoms with Crippen LogP contribution in [0.25, 0.3) is 0 Å². The monoisotopic (exact) mass is 2010 g/mol. The lowest BCUT2D eigenvalue weighted by Gasteiger charge is -2.29. The number of carboxylic acid groups (broad SMARTS) is 5. The average Bonchev–Trinajstić information content (AvgIpc) is 0.874. The molecule has 0 aliphatic rings. The molecule has 11 nitrogen and oxygen atoms in total. The van der Waals surface area contributed by atoms with E-state index in [0.29, 0.717) is 0 Å². The van der Waals surface area contributed by atoms with E-state index in [1.54, 1.807) is 132 Å². The molecule has 3 N–H and O–H groups in total. The smallest absolute Gasteiger partial charge is 0.303 e. The Bertz CT molecular complexity index is 2170. The van der Waals surface area contributed by atoms with Gasteiger partial charge in [-0.05, 0) is 146 Å². The average molecular weight is 2010 g/mol. The molecule has 0 atom stereocenters. The van der Waals surface area contributed by atoms with Crippen molar-refractivity contribution < 1.29 is 54.6 Å². The first-order chi connectivity index (χ1) is 66.9. The first-order valence-corrected chi connectivity index (χ1v) is 69.8. The molecule has 0 amide bonds. The molecular formula is C124H251O11P3. The van der Waals surface area contributed by atoms with Gasteiger partial charge >= 0.3 is 11.9 Å². The highest BCUT2D eigenvalue weighted by Crippen LogP contribution is 2.64. The van der Waals surface area contributed by atoms with Crippen molar-refractivity contribution >= 4 is 51.6 Å². The van der Waals surface area contributed by atoms with E-state index in [-0.39, 0.29) is 12.8 Å². The van der Waals surface area contributed by atoms with Gasteiger partial charge in [0.25, 0.3) is 0 Å². The van der Waals surface area contributed by atoms with Crippen LogP contribution < -0.4 is 15.3 Å². The van der Waals surface area contributed by atoms with Gasteiger partial charge < -0.3 is 45.0 Å². The lowest BCUT2D eigenvalue weighted by molar-refractivity contribution is -0.339. The Balaban J connectivity index is -0.000000563. The third-order valence-electron chi connectivity index (χ3n) is 30.7. The first kappa shape index (κ1) is 145. The Morgan fingerprint density at radius 2 is 0.319 bits per heavy atom. The highest BCUT2D eigenvalue weighted by atomic mass is 31.2. The molecule has 0 unspecified atom stereocenters. The van der Waals surface area contributed by atoms with E-state index in [1.165, 1.54) is 443 Å². The minimum Gasteiger partial charge on any atom is -0.550 e. The summed E-state index contributed by atoms with van der Waals surface area (Å²) in [5, 5.41) is 55.6. The van der Waals surface area contributed by atoms with Crippen LogP contribution in [0.2, 0.25) is 0 Å². The minimum atomic E-state index is -2.97. The molecule has 0 fully saturated rings. The Kier molecular flexibility index (Phi) is 120. The summed E-state index contributed by atoms with van der Waals surface area (Å²) in [5.41, 5.74) is -2.97. The summed E-state index contributed by atoms with van der Waals surface area (Å²) in [6.07, 6.45) is 138. The van der Waals surface area contributed by atoms with E-state index in [1.807, 2.05) is 0 Å². The highest BCUT2D eigenvalue weighted by Gasteiger charge is 2.38. The van der Waals surface area contributed by atoms with Crippen molar-refractivity contribution in [3.05, 3.63) is 0 Å². The molecule has 0 rings (SSSR count). The molecule has 0 radical (unpaired) electrons. The third kappa shape index (κ3) is 105. The summed E-state index contributed by atoms with van der Waals surface area (Å²) in [6.45, 7) is 35.7. The SMILES string of the molecule is CCCCCCCCCCCCCCCC[P+](CCCC)(CCCC)CCCC(CCCC)CCCC.CCCCCCCCCCCCCCCC[P+](CCCC)(CCCC)CCCC(CCCC)CCCC.CCCCCCCCCCCCCCCC[P+](CCCC)(CCCC)CCCC(CCCC)CCCC.O=C(O)CCCCCCCCC(=O)O.O=C([O-])CC(O)(CC(=O)[O-])C(=O)[O-]. The van der Waals surface area contributed by atoms with Gasteiger partial charge in [0, 0.05) is 59.4 Å². The fourth-order valence-corrected chi connectivity index (χ4v) is 36.4. The van der Waals surface area contributed by atoms with Crippen LogP contribution in [0.3, 0.4) is 0 Å². The van der Waals surface area contributed by atoms with Crippen molar-refractivity contribution in [3.63, 3.8) is 0 Å². The standard InChI is InChI=1S/3C36H76P.C10H18O4.C6H8O7/c3*1-6-11-16-17-18-19-20-21-22-23-24-25-26-27-34-37(32-14-9-4,33-15-10-5)35-28-31-36(29-12-7-2)30-13-8-3;11-9(12)7-5-3-1-2-4-6-8-10(13)14;7-3(8)1-6(13,5(11)12)2-4(9)10/h3*36H,6-35H2,1-5H3;1-8H2,(H,11,12)(H,13,14);13H,1-2H2,(H,7,8)(H,9,10)(H,11,12)/q3*+1;;/p-3. The van der Waals surface area contributed by atoms with E-state index in [2.05, 4.69) is 104 Å². The third-order valence-corrected chi connectivity index (χ3v) is 45.9. The number of hydrogen-bond donors (Lipinski definition) is 3. The van der Waals surface area contributed by atoms with E-state index in [4.69, 9.17) is 15.3 Å². The Labute approximate surface area is 866 Å². The van der Waals surface area contributed by atoms with E-state index in [0.717, 1.165) is 56.3 Å². The van der Waals surface area contributed by atoms with E-state index >= 15 is 0 Å². The molecule has 0 aliphatic heterocycles. The van der Waals surface area contributed by atoms with Gasteiger partial charge in [-0.3, -0.25) is 9.59 Å². The van der Waals surface area contributed by atoms with Crippen molar-refractivity contribution in [3.8, 4) is 0 Å². The number of aliphatic hydroxyl groups is 1. The zero-order chi connectivity index (χ0) is 103. The molecule has 0 aromatic carbocycles. The highest BCUT2D eigenvalue weighted by molar-refractivity contribution is 7.76. The normalized spacial score (nSPS) is 11.8. The second-order valence-electron chi connectivity index (χ2n) is 44.3. The Morgan fingerprint density at radius 3 is 0.464 bits per heavy atom. The van der Waals surface area contributed by atoms with Crippen molar-refractivity contribution in [2.24, 2.45) is 17.8 Å². The van der Waals surface area contributed by atoms with E-state index in [9.17, 15) is 39.3 Å². The number of carbonyl (C=O) groups excluding carboxylic acids is 3. The van der Waals surface area contributed by atoms with Gasteiger partial charge in [-0.1, -0.05) is 515 Å². The summed E-state index contributed by atoms with van der Waals surface area (Å²) in [4.78, 5) is 50.3.